The molecule has 180 valence electrons. The summed E-state index contributed by atoms with van der Waals surface area (Å²) in [6, 6.07) is 17.7. The second-order valence-corrected chi connectivity index (χ2v) is 8.71. The SMILES string of the molecule is COc1ccc(Cc2cnc(N)nc2N)cc1OCc1ccc(S(=O)[O-])cc1-c1ccc(N)cc1. The van der Waals surface area contributed by atoms with Gasteiger partial charge in [-0.25, -0.2) is 4.98 Å². The average molecular weight is 491 g/mol. The van der Waals surface area contributed by atoms with Crippen LogP contribution in [-0.2, 0) is 24.1 Å². The molecule has 10 heteroatoms. The third-order valence-corrected chi connectivity index (χ3v) is 6.06. The number of methoxy groups -OCH3 is 1. The highest BCUT2D eigenvalue weighted by molar-refractivity contribution is 7.79. The van der Waals surface area contributed by atoms with E-state index in [2.05, 4.69) is 9.97 Å². The molecular weight excluding hydrogens is 466 g/mol. The average Bonchev–Trinajstić information content (AvgIpc) is 2.85. The monoisotopic (exact) mass is 490 g/mol. The third-order valence-electron chi connectivity index (χ3n) is 5.42. The molecule has 0 spiro atoms. The Bertz CT molecular complexity index is 1380. The predicted octanol–water partition coefficient (Wildman–Crippen LogP) is 3.31. The molecule has 6 N–H and O–H groups in total. The first-order chi connectivity index (χ1) is 16.8. The second kappa shape index (κ2) is 10.4. The molecule has 1 unspecified atom stereocenters. The van der Waals surface area contributed by atoms with Crippen molar-refractivity contribution in [2.45, 2.75) is 17.9 Å². The first kappa shape index (κ1) is 24.0. The van der Waals surface area contributed by atoms with Crippen LogP contribution in [0.25, 0.3) is 11.1 Å². The summed E-state index contributed by atoms with van der Waals surface area (Å²) < 4.78 is 34.7. The predicted molar refractivity (Wildman–Crippen MR) is 134 cm³/mol. The van der Waals surface area contributed by atoms with Crippen LogP contribution in [0.3, 0.4) is 0 Å². The lowest BCUT2D eigenvalue weighted by atomic mass is 10.00. The highest BCUT2D eigenvalue weighted by atomic mass is 32.2. The van der Waals surface area contributed by atoms with E-state index < -0.39 is 11.1 Å². The number of hydrogen-bond donors (Lipinski definition) is 3. The van der Waals surface area contributed by atoms with Crippen molar-refractivity contribution < 1.29 is 18.2 Å². The van der Waals surface area contributed by atoms with Crippen molar-refractivity contribution >= 4 is 28.5 Å². The number of benzene rings is 3. The van der Waals surface area contributed by atoms with E-state index in [1.165, 1.54) is 0 Å². The fourth-order valence-electron chi connectivity index (χ4n) is 3.61. The molecule has 1 aromatic heterocycles. The molecule has 0 bridgehead atoms. The molecule has 0 aliphatic rings. The smallest absolute Gasteiger partial charge is 0.221 e. The summed E-state index contributed by atoms with van der Waals surface area (Å²) in [6.45, 7) is 0.179. The van der Waals surface area contributed by atoms with Crippen LogP contribution in [0, 0.1) is 0 Å². The van der Waals surface area contributed by atoms with Gasteiger partial charge in [-0.05, 0) is 69.7 Å². The lowest BCUT2D eigenvalue weighted by Gasteiger charge is -2.16. The summed E-state index contributed by atoms with van der Waals surface area (Å²) >= 11 is -2.36. The van der Waals surface area contributed by atoms with Gasteiger partial charge in [0.2, 0.25) is 5.95 Å². The number of hydrogen-bond acceptors (Lipinski definition) is 9. The normalized spacial score (nSPS) is 11.7. The zero-order valence-electron chi connectivity index (χ0n) is 18.9. The zero-order chi connectivity index (χ0) is 24.9. The van der Waals surface area contributed by atoms with Gasteiger partial charge in [-0.1, -0.05) is 24.3 Å². The molecule has 0 amide bonds. The molecular formula is C25H24N5O4S-. The van der Waals surface area contributed by atoms with E-state index in [0.717, 1.165) is 27.8 Å². The standard InChI is InChI=1S/C25H25N5O4S/c1-33-22-9-2-15(10-18-13-29-25(28)30-24(18)27)11-23(22)34-14-17-5-8-20(35(31)32)12-21(17)16-3-6-19(26)7-4-16/h2-9,11-13H,10,14,26H2,1H3,(H,31,32)(H4,27,28,29,30)/p-1. The van der Waals surface area contributed by atoms with Crippen LogP contribution in [0.5, 0.6) is 11.5 Å². The summed E-state index contributed by atoms with van der Waals surface area (Å²) in [5, 5.41) is 0. The van der Waals surface area contributed by atoms with Crippen molar-refractivity contribution in [2.75, 3.05) is 24.3 Å². The first-order valence-electron chi connectivity index (χ1n) is 10.6. The van der Waals surface area contributed by atoms with Crippen molar-refractivity contribution in [3.63, 3.8) is 0 Å². The minimum atomic E-state index is -2.36. The third kappa shape index (κ3) is 5.68. The topological polar surface area (TPSA) is 162 Å². The summed E-state index contributed by atoms with van der Waals surface area (Å²) in [5.41, 5.74) is 22.0. The number of aromatic nitrogens is 2. The fraction of sp³-hybridized carbons (Fsp3) is 0.120. The summed E-state index contributed by atoms with van der Waals surface area (Å²) in [4.78, 5) is 8.20. The van der Waals surface area contributed by atoms with E-state index in [9.17, 15) is 8.76 Å². The number of ether oxygens (including phenoxy) is 2. The fourth-order valence-corrected chi connectivity index (χ4v) is 4.00. The molecule has 0 radical (unpaired) electrons. The van der Waals surface area contributed by atoms with E-state index in [1.807, 2.05) is 30.3 Å². The molecule has 0 aliphatic heterocycles. The van der Waals surface area contributed by atoms with Gasteiger partial charge in [0.15, 0.2) is 11.5 Å². The molecule has 0 saturated carbocycles. The second-order valence-electron chi connectivity index (χ2n) is 7.77. The number of nitrogens with zero attached hydrogens (tertiary/aromatic N) is 2. The van der Waals surface area contributed by atoms with Crippen LogP contribution in [0.1, 0.15) is 16.7 Å². The van der Waals surface area contributed by atoms with Crippen molar-refractivity contribution in [3.8, 4) is 22.6 Å². The van der Waals surface area contributed by atoms with E-state index in [4.69, 9.17) is 26.7 Å². The van der Waals surface area contributed by atoms with Crippen molar-refractivity contribution in [3.05, 3.63) is 83.6 Å². The van der Waals surface area contributed by atoms with Gasteiger partial charge < -0.3 is 31.2 Å². The minimum absolute atomic E-state index is 0.119. The minimum Gasteiger partial charge on any atom is -0.768 e. The van der Waals surface area contributed by atoms with Gasteiger partial charge in [0.1, 0.15) is 12.4 Å². The van der Waals surface area contributed by atoms with E-state index in [1.54, 1.807) is 43.6 Å². The van der Waals surface area contributed by atoms with Gasteiger partial charge in [-0.15, -0.1) is 0 Å². The molecule has 35 heavy (non-hydrogen) atoms. The van der Waals surface area contributed by atoms with Crippen LogP contribution >= 0.6 is 0 Å². The van der Waals surface area contributed by atoms with Crippen LogP contribution < -0.4 is 26.7 Å². The Hall–Kier alpha value is -4.15. The van der Waals surface area contributed by atoms with Crippen molar-refractivity contribution in [1.29, 1.82) is 0 Å². The Morgan fingerprint density at radius 3 is 2.40 bits per heavy atom. The molecule has 0 aliphatic carbocycles. The summed E-state index contributed by atoms with van der Waals surface area (Å²) in [5.74, 6) is 1.52. The maximum absolute atomic E-state index is 11.6. The summed E-state index contributed by atoms with van der Waals surface area (Å²) in [6.07, 6.45) is 2.08. The molecule has 0 fully saturated rings. The maximum atomic E-state index is 11.6. The number of nitrogen functional groups attached to an aromatic ring is 3. The zero-order valence-corrected chi connectivity index (χ0v) is 19.7. The Morgan fingerprint density at radius 2 is 1.71 bits per heavy atom. The van der Waals surface area contributed by atoms with Crippen molar-refractivity contribution in [2.24, 2.45) is 0 Å². The molecule has 9 nitrogen and oxygen atoms in total. The van der Waals surface area contributed by atoms with Gasteiger partial charge in [0, 0.05) is 28.8 Å². The van der Waals surface area contributed by atoms with Gasteiger partial charge in [0.25, 0.3) is 0 Å². The van der Waals surface area contributed by atoms with Crippen molar-refractivity contribution in [1.82, 2.24) is 9.97 Å². The maximum Gasteiger partial charge on any atom is 0.221 e. The Labute approximate surface area is 205 Å². The molecule has 4 aromatic rings. The van der Waals surface area contributed by atoms with Crippen LogP contribution in [0.15, 0.2) is 71.8 Å². The molecule has 1 heterocycles. The van der Waals surface area contributed by atoms with Crippen LogP contribution in [-0.4, -0.2) is 25.8 Å². The van der Waals surface area contributed by atoms with Gasteiger partial charge >= 0.3 is 0 Å². The Kier molecular flexibility index (Phi) is 7.14. The quantitative estimate of drug-likeness (QED) is 0.248. The van der Waals surface area contributed by atoms with Crippen LogP contribution in [0.2, 0.25) is 0 Å². The summed E-state index contributed by atoms with van der Waals surface area (Å²) in [7, 11) is 1.56. The molecule has 0 saturated heterocycles. The Morgan fingerprint density at radius 1 is 0.943 bits per heavy atom. The largest absolute Gasteiger partial charge is 0.768 e. The van der Waals surface area contributed by atoms with E-state index in [-0.39, 0.29) is 17.5 Å². The van der Waals surface area contributed by atoms with Gasteiger partial charge in [-0.2, -0.15) is 4.98 Å². The van der Waals surface area contributed by atoms with Gasteiger partial charge in [0.05, 0.1) is 7.11 Å². The number of nitrogens with two attached hydrogens (primary N) is 3. The molecule has 1 atom stereocenters. The highest BCUT2D eigenvalue weighted by Gasteiger charge is 2.12. The highest BCUT2D eigenvalue weighted by Crippen LogP contribution is 2.32. The number of anilines is 3. The lowest BCUT2D eigenvalue weighted by Crippen LogP contribution is -2.05. The number of rotatable bonds is 8. The lowest BCUT2D eigenvalue weighted by molar-refractivity contribution is 0.284. The van der Waals surface area contributed by atoms with Crippen LogP contribution in [0.4, 0.5) is 17.5 Å². The Balaban J connectivity index is 1.62. The molecule has 3 aromatic carbocycles. The van der Waals surface area contributed by atoms with E-state index >= 15 is 0 Å². The van der Waals surface area contributed by atoms with E-state index in [0.29, 0.717) is 29.4 Å². The van der Waals surface area contributed by atoms with Gasteiger partial charge in [-0.3, -0.25) is 4.21 Å². The molecule has 4 rings (SSSR count). The first-order valence-corrected chi connectivity index (χ1v) is 11.7.